The lowest BCUT2D eigenvalue weighted by atomic mass is 9.90. The van der Waals surface area contributed by atoms with Crippen molar-refractivity contribution in [1.29, 1.82) is 0 Å². The summed E-state index contributed by atoms with van der Waals surface area (Å²) in [5.74, 6) is -0.815. The van der Waals surface area contributed by atoms with Gasteiger partial charge in [0.25, 0.3) is 11.8 Å². The summed E-state index contributed by atoms with van der Waals surface area (Å²) in [6.45, 7) is 1.33. The molecule has 1 unspecified atom stereocenters. The van der Waals surface area contributed by atoms with E-state index in [0.29, 0.717) is 11.1 Å². The number of rotatable bonds is 4. The van der Waals surface area contributed by atoms with Crippen LogP contribution in [0.15, 0.2) is 71.9 Å². The monoisotopic (exact) mass is 456 g/mol. The first kappa shape index (κ1) is 22.1. The number of carbonyl (C=O) groups is 3. The fourth-order valence-corrected chi connectivity index (χ4v) is 4.90. The van der Waals surface area contributed by atoms with Crippen molar-refractivity contribution in [3.63, 3.8) is 0 Å². The number of benzene rings is 2. The second-order valence-electron chi connectivity index (χ2n) is 9.25. The van der Waals surface area contributed by atoms with Gasteiger partial charge < -0.3 is 5.32 Å². The normalized spacial score (nSPS) is 21.8. The molecule has 1 atom stereocenters. The number of pyridine rings is 1. The van der Waals surface area contributed by atoms with E-state index in [4.69, 9.17) is 4.99 Å². The number of nitrogens with zero attached hydrogens (tertiary/aromatic N) is 3. The van der Waals surface area contributed by atoms with Gasteiger partial charge >= 0.3 is 6.03 Å². The van der Waals surface area contributed by atoms with Crippen molar-refractivity contribution in [3.05, 3.63) is 77.9 Å². The summed E-state index contributed by atoms with van der Waals surface area (Å²) >= 11 is 0. The highest BCUT2D eigenvalue weighted by Crippen LogP contribution is 2.31. The number of nitrogens with one attached hydrogen (secondary N) is 1. The Morgan fingerprint density at radius 1 is 1.00 bits per heavy atom. The molecule has 2 fully saturated rings. The molecule has 5 rings (SSSR count). The van der Waals surface area contributed by atoms with Gasteiger partial charge in [-0.1, -0.05) is 61.7 Å². The molecule has 1 aliphatic heterocycles. The molecule has 0 spiro atoms. The van der Waals surface area contributed by atoms with Crippen LogP contribution in [0.4, 0.5) is 4.79 Å². The zero-order chi connectivity index (χ0) is 23.7. The zero-order valence-corrected chi connectivity index (χ0v) is 19.2. The summed E-state index contributed by atoms with van der Waals surface area (Å²) in [6, 6.07) is 18.6. The van der Waals surface area contributed by atoms with Crippen molar-refractivity contribution in [2.75, 3.05) is 6.54 Å². The summed E-state index contributed by atoms with van der Waals surface area (Å²) in [5, 5.41) is 4.83. The quantitative estimate of drug-likeness (QED) is 0.603. The van der Waals surface area contributed by atoms with Crippen molar-refractivity contribution < 1.29 is 14.4 Å². The highest BCUT2D eigenvalue weighted by Gasteiger charge is 2.49. The van der Waals surface area contributed by atoms with E-state index in [2.05, 4.69) is 5.32 Å². The van der Waals surface area contributed by atoms with E-state index in [-0.39, 0.29) is 18.5 Å². The molecular weight excluding hydrogens is 428 g/mol. The SMILES string of the molecule is CC1(c2ccc3ccccc3c2)NC(=O)N(CC(=O)n2ccccc2=NC2CCCCC2)C1=O. The number of imide groups is 1. The molecule has 2 aromatic carbocycles. The number of hydrogen-bond donors (Lipinski definition) is 1. The molecule has 7 heteroatoms. The van der Waals surface area contributed by atoms with Gasteiger partial charge in [0.2, 0.25) is 0 Å². The predicted octanol–water partition coefficient (Wildman–Crippen LogP) is 3.98. The number of hydrogen-bond acceptors (Lipinski definition) is 4. The van der Waals surface area contributed by atoms with Crippen LogP contribution < -0.4 is 10.8 Å². The van der Waals surface area contributed by atoms with Gasteiger partial charge in [0.15, 0.2) is 0 Å². The Kier molecular flexibility index (Phi) is 5.77. The number of amides is 3. The predicted molar refractivity (Wildman–Crippen MR) is 129 cm³/mol. The molecule has 0 bridgehead atoms. The minimum atomic E-state index is -1.24. The second kappa shape index (κ2) is 8.89. The van der Waals surface area contributed by atoms with E-state index in [9.17, 15) is 14.4 Å². The third-order valence-electron chi connectivity index (χ3n) is 6.89. The number of aromatic nitrogens is 1. The van der Waals surface area contributed by atoms with E-state index in [1.165, 1.54) is 11.0 Å². The Morgan fingerprint density at radius 3 is 2.53 bits per heavy atom. The average Bonchev–Trinajstić information content (AvgIpc) is 3.08. The van der Waals surface area contributed by atoms with Crippen molar-refractivity contribution in [2.24, 2.45) is 4.99 Å². The maximum Gasteiger partial charge on any atom is 0.325 e. The molecule has 1 aliphatic carbocycles. The second-order valence-corrected chi connectivity index (χ2v) is 9.25. The number of urea groups is 1. The van der Waals surface area contributed by atoms with E-state index < -0.39 is 17.5 Å². The lowest BCUT2D eigenvalue weighted by Gasteiger charge is -2.22. The fraction of sp³-hybridized carbons (Fsp3) is 0.333. The summed E-state index contributed by atoms with van der Waals surface area (Å²) in [6.07, 6.45) is 7.18. The summed E-state index contributed by atoms with van der Waals surface area (Å²) in [5.41, 5.74) is 0.00140. The van der Waals surface area contributed by atoms with Crippen molar-refractivity contribution in [3.8, 4) is 0 Å². The van der Waals surface area contributed by atoms with E-state index in [0.717, 1.165) is 41.4 Å². The van der Waals surface area contributed by atoms with Crippen LogP contribution in [0.25, 0.3) is 10.8 Å². The fourth-order valence-electron chi connectivity index (χ4n) is 4.90. The number of carbonyl (C=O) groups excluding carboxylic acids is 3. The largest absolute Gasteiger partial charge is 0.325 e. The molecule has 2 aliphatic rings. The van der Waals surface area contributed by atoms with Crippen LogP contribution in [0.1, 0.15) is 49.4 Å². The molecule has 34 heavy (non-hydrogen) atoms. The van der Waals surface area contributed by atoms with Crippen LogP contribution in [0.3, 0.4) is 0 Å². The summed E-state index contributed by atoms with van der Waals surface area (Å²) in [4.78, 5) is 45.2. The Bertz CT molecular complexity index is 1340. The molecule has 1 saturated carbocycles. The highest BCUT2D eigenvalue weighted by molar-refractivity contribution is 6.09. The first-order valence-electron chi connectivity index (χ1n) is 11.8. The van der Waals surface area contributed by atoms with Crippen LogP contribution in [-0.4, -0.2) is 39.9 Å². The van der Waals surface area contributed by atoms with E-state index in [1.807, 2.05) is 48.5 Å². The minimum Gasteiger partial charge on any atom is -0.319 e. The molecule has 7 nitrogen and oxygen atoms in total. The van der Waals surface area contributed by atoms with Crippen molar-refractivity contribution in [1.82, 2.24) is 14.8 Å². The topological polar surface area (TPSA) is 83.8 Å². The molecule has 3 amide bonds. The van der Waals surface area contributed by atoms with Crippen molar-refractivity contribution >= 4 is 28.6 Å². The molecule has 2 heterocycles. The van der Waals surface area contributed by atoms with Crippen LogP contribution >= 0.6 is 0 Å². The minimum absolute atomic E-state index is 0.197. The smallest absolute Gasteiger partial charge is 0.319 e. The average molecular weight is 457 g/mol. The molecule has 174 valence electrons. The molecule has 1 saturated heterocycles. The standard InChI is InChI=1S/C27H28N4O3/c1-27(21-15-14-19-9-5-6-10-20(19)17-21)25(33)31(26(34)29-27)18-24(32)30-16-8-7-13-23(30)28-22-11-3-2-4-12-22/h5-10,13-17,22H,2-4,11-12,18H2,1H3,(H,29,34). The van der Waals surface area contributed by atoms with Crippen LogP contribution in [0, 0.1) is 0 Å². The van der Waals surface area contributed by atoms with Gasteiger partial charge in [-0.05, 0) is 54.3 Å². The summed E-state index contributed by atoms with van der Waals surface area (Å²) < 4.78 is 1.45. The Labute approximate surface area is 198 Å². The maximum atomic E-state index is 13.4. The van der Waals surface area contributed by atoms with E-state index >= 15 is 0 Å². The van der Waals surface area contributed by atoms with Crippen LogP contribution in [0.2, 0.25) is 0 Å². The first-order valence-corrected chi connectivity index (χ1v) is 11.8. The van der Waals surface area contributed by atoms with Gasteiger partial charge in [-0.25, -0.2) is 4.79 Å². The molecule has 1 aromatic heterocycles. The van der Waals surface area contributed by atoms with Gasteiger partial charge in [-0.2, -0.15) is 0 Å². The van der Waals surface area contributed by atoms with E-state index in [1.54, 1.807) is 25.3 Å². The lowest BCUT2D eigenvalue weighted by molar-refractivity contribution is -0.130. The van der Waals surface area contributed by atoms with Gasteiger partial charge in [0.05, 0.1) is 6.04 Å². The first-order chi connectivity index (χ1) is 16.5. The third-order valence-corrected chi connectivity index (χ3v) is 6.89. The Hall–Kier alpha value is -3.74. The van der Waals surface area contributed by atoms with Crippen LogP contribution in [-0.2, 0) is 10.3 Å². The van der Waals surface area contributed by atoms with Gasteiger partial charge in [0, 0.05) is 6.20 Å². The lowest BCUT2D eigenvalue weighted by Crippen LogP contribution is -2.43. The summed E-state index contributed by atoms with van der Waals surface area (Å²) in [7, 11) is 0. The molecule has 3 aromatic rings. The third kappa shape index (κ3) is 4.02. The Morgan fingerprint density at radius 2 is 1.74 bits per heavy atom. The van der Waals surface area contributed by atoms with Crippen molar-refractivity contribution in [2.45, 2.75) is 50.6 Å². The molecular formula is C27H28N4O3. The molecule has 0 radical (unpaired) electrons. The zero-order valence-electron chi connectivity index (χ0n) is 19.2. The highest BCUT2D eigenvalue weighted by atomic mass is 16.2. The van der Waals surface area contributed by atoms with Gasteiger partial charge in [-0.3, -0.25) is 24.0 Å². The maximum absolute atomic E-state index is 13.4. The number of fused-ring (bicyclic) bond motifs is 1. The van der Waals surface area contributed by atoms with Crippen LogP contribution in [0.5, 0.6) is 0 Å². The molecule has 1 N–H and O–H groups in total. The van der Waals surface area contributed by atoms with Gasteiger partial charge in [0.1, 0.15) is 17.6 Å². The Balaban J connectivity index is 1.40. The van der Waals surface area contributed by atoms with Gasteiger partial charge in [-0.15, -0.1) is 0 Å².